The molecule has 0 amide bonds. The van der Waals surface area contributed by atoms with Crippen molar-refractivity contribution in [1.82, 2.24) is 14.8 Å². The SMILES string of the molecule is CCn1ncnc1C(F)(F)F. The van der Waals surface area contributed by atoms with Crippen LogP contribution < -0.4 is 0 Å². The van der Waals surface area contributed by atoms with Crippen LogP contribution in [0.4, 0.5) is 13.2 Å². The van der Waals surface area contributed by atoms with Gasteiger partial charge in [-0.1, -0.05) is 0 Å². The Bertz CT molecular complexity index is 239. The van der Waals surface area contributed by atoms with Crippen molar-refractivity contribution in [3.05, 3.63) is 12.2 Å². The fraction of sp³-hybridized carbons (Fsp3) is 0.600. The normalized spacial score (nSPS) is 12.0. The minimum Gasteiger partial charge on any atom is -0.242 e. The van der Waals surface area contributed by atoms with Gasteiger partial charge in [-0.2, -0.15) is 18.3 Å². The summed E-state index contributed by atoms with van der Waals surface area (Å²) in [5.74, 6) is -0.944. The molecule has 0 fully saturated rings. The van der Waals surface area contributed by atoms with Crippen molar-refractivity contribution in [2.75, 3.05) is 0 Å². The van der Waals surface area contributed by atoms with Gasteiger partial charge >= 0.3 is 6.18 Å². The summed E-state index contributed by atoms with van der Waals surface area (Å²) in [7, 11) is 0. The lowest BCUT2D eigenvalue weighted by Crippen LogP contribution is -2.15. The Hall–Kier alpha value is -1.07. The first kappa shape index (κ1) is 8.03. The van der Waals surface area contributed by atoms with E-state index in [2.05, 4.69) is 10.1 Å². The molecular formula is C5H6F3N3. The molecule has 1 aromatic rings. The summed E-state index contributed by atoms with van der Waals surface area (Å²) in [5, 5.41) is 3.39. The molecule has 0 aliphatic rings. The number of nitrogens with zero attached hydrogens (tertiary/aromatic N) is 3. The number of alkyl halides is 3. The third-order valence-corrected chi connectivity index (χ3v) is 1.17. The van der Waals surface area contributed by atoms with E-state index in [9.17, 15) is 13.2 Å². The van der Waals surface area contributed by atoms with Crippen LogP contribution in [-0.2, 0) is 12.7 Å². The second-order valence-corrected chi connectivity index (χ2v) is 1.90. The van der Waals surface area contributed by atoms with Crippen molar-refractivity contribution in [2.24, 2.45) is 0 Å². The highest BCUT2D eigenvalue weighted by molar-refractivity contribution is 4.89. The second kappa shape index (κ2) is 2.52. The van der Waals surface area contributed by atoms with E-state index in [1.54, 1.807) is 6.92 Å². The van der Waals surface area contributed by atoms with Gasteiger partial charge in [-0.3, -0.25) is 0 Å². The molecule has 3 nitrogen and oxygen atoms in total. The first-order chi connectivity index (χ1) is 5.05. The molecule has 0 atom stereocenters. The summed E-state index contributed by atoms with van der Waals surface area (Å²) < 4.78 is 36.6. The van der Waals surface area contributed by atoms with E-state index in [-0.39, 0.29) is 6.54 Å². The first-order valence-corrected chi connectivity index (χ1v) is 3.00. The summed E-state index contributed by atoms with van der Waals surface area (Å²) in [6, 6.07) is 0. The van der Waals surface area contributed by atoms with Gasteiger partial charge in [0.15, 0.2) is 0 Å². The maximum Gasteiger partial charge on any atom is 0.451 e. The minimum absolute atomic E-state index is 0.175. The average molecular weight is 165 g/mol. The zero-order valence-electron chi connectivity index (χ0n) is 5.76. The van der Waals surface area contributed by atoms with Crippen LogP contribution >= 0.6 is 0 Å². The van der Waals surface area contributed by atoms with Crippen molar-refractivity contribution in [3.8, 4) is 0 Å². The maximum atomic E-state index is 11.9. The molecule has 0 aromatic carbocycles. The van der Waals surface area contributed by atoms with E-state index < -0.39 is 12.0 Å². The molecule has 0 N–H and O–H groups in total. The first-order valence-electron chi connectivity index (χ1n) is 3.00. The fourth-order valence-electron chi connectivity index (χ4n) is 0.715. The van der Waals surface area contributed by atoms with Crippen LogP contribution in [0.25, 0.3) is 0 Å². The Kier molecular flexibility index (Phi) is 1.84. The molecular weight excluding hydrogens is 159 g/mol. The molecule has 11 heavy (non-hydrogen) atoms. The maximum absolute atomic E-state index is 11.9. The van der Waals surface area contributed by atoms with Gasteiger partial charge in [-0.25, -0.2) is 9.67 Å². The lowest BCUT2D eigenvalue weighted by molar-refractivity contribution is -0.147. The van der Waals surface area contributed by atoms with E-state index >= 15 is 0 Å². The van der Waals surface area contributed by atoms with E-state index in [0.717, 1.165) is 11.0 Å². The summed E-state index contributed by atoms with van der Waals surface area (Å²) in [6.45, 7) is 1.75. The van der Waals surface area contributed by atoms with Gasteiger partial charge in [0.1, 0.15) is 6.33 Å². The van der Waals surface area contributed by atoms with Crippen molar-refractivity contribution in [1.29, 1.82) is 0 Å². The quantitative estimate of drug-likeness (QED) is 0.628. The zero-order chi connectivity index (χ0) is 8.48. The highest BCUT2D eigenvalue weighted by Gasteiger charge is 2.36. The number of hydrogen-bond acceptors (Lipinski definition) is 2. The summed E-state index contributed by atoms with van der Waals surface area (Å²) >= 11 is 0. The van der Waals surface area contributed by atoms with Crippen molar-refractivity contribution >= 4 is 0 Å². The number of hydrogen-bond donors (Lipinski definition) is 0. The number of aromatic nitrogens is 3. The standard InChI is InChI=1S/C5H6F3N3/c1-2-11-4(5(6,7)8)9-3-10-11/h3H,2H2,1H3. The number of rotatable bonds is 1. The molecule has 0 saturated heterocycles. The van der Waals surface area contributed by atoms with Crippen LogP contribution in [0.2, 0.25) is 0 Å². The van der Waals surface area contributed by atoms with Crippen LogP contribution in [0.1, 0.15) is 12.7 Å². The van der Waals surface area contributed by atoms with E-state index in [1.165, 1.54) is 0 Å². The van der Waals surface area contributed by atoms with E-state index in [0.29, 0.717) is 0 Å². The van der Waals surface area contributed by atoms with Crippen molar-refractivity contribution in [3.63, 3.8) is 0 Å². The molecule has 0 bridgehead atoms. The largest absolute Gasteiger partial charge is 0.451 e. The van der Waals surface area contributed by atoms with Crippen LogP contribution in [0, 0.1) is 0 Å². The zero-order valence-corrected chi connectivity index (χ0v) is 5.76. The lowest BCUT2D eigenvalue weighted by atomic mass is 10.6. The van der Waals surface area contributed by atoms with Crippen LogP contribution in [0.3, 0.4) is 0 Å². The van der Waals surface area contributed by atoms with Gasteiger partial charge in [0.05, 0.1) is 0 Å². The summed E-state index contributed by atoms with van der Waals surface area (Å²) in [5.41, 5.74) is 0. The van der Waals surface area contributed by atoms with Gasteiger partial charge in [0, 0.05) is 6.54 Å². The third-order valence-electron chi connectivity index (χ3n) is 1.17. The predicted molar refractivity (Wildman–Crippen MR) is 30.7 cm³/mol. The Labute approximate surface area is 60.8 Å². The fourth-order valence-corrected chi connectivity index (χ4v) is 0.715. The summed E-state index contributed by atoms with van der Waals surface area (Å²) in [4.78, 5) is 3.09. The van der Waals surface area contributed by atoms with Gasteiger partial charge < -0.3 is 0 Å². The minimum atomic E-state index is -4.40. The number of halogens is 3. The molecule has 0 spiro atoms. The molecule has 0 saturated carbocycles. The molecule has 1 heterocycles. The molecule has 1 rings (SSSR count). The molecule has 62 valence electrons. The van der Waals surface area contributed by atoms with Crippen LogP contribution in [-0.4, -0.2) is 14.8 Å². The molecule has 0 unspecified atom stereocenters. The van der Waals surface area contributed by atoms with Crippen molar-refractivity contribution < 1.29 is 13.2 Å². The highest BCUT2D eigenvalue weighted by atomic mass is 19.4. The molecule has 0 aliphatic heterocycles. The Morgan fingerprint density at radius 1 is 1.55 bits per heavy atom. The Morgan fingerprint density at radius 2 is 2.18 bits per heavy atom. The van der Waals surface area contributed by atoms with E-state index in [4.69, 9.17) is 0 Å². The number of aryl methyl sites for hydroxylation is 1. The topological polar surface area (TPSA) is 30.7 Å². The smallest absolute Gasteiger partial charge is 0.242 e. The highest BCUT2D eigenvalue weighted by Crippen LogP contribution is 2.26. The van der Waals surface area contributed by atoms with Gasteiger partial charge in [-0.15, -0.1) is 0 Å². The molecule has 0 radical (unpaired) electrons. The molecule has 1 aromatic heterocycles. The lowest BCUT2D eigenvalue weighted by Gasteiger charge is -2.05. The van der Waals surface area contributed by atoms with E-state index in [1.807, 2.05) is 0 Å². The predicted octanol–water partition coefficient (Wildman–Crippen LogP) is 1.32. The average Bonchev–Trinajstić information content (AvgIpc) is 2.31. The van der Waals surface area contributed by atoms with Gasteiger partial charge in [0.25, 0.3) is 0 Å². The Balaban J connectivity index is 3.02. The third kappa shape index (κ3) is 1.50. The summed E-state index contributed by atoms with van der Waals surface area (Å²) in [6.07, 6.45) is -3.50. The monoisotopic (exact) mass is 165 g/mol. The Morgan fingerprint density at radius 3 is 2.55 bits per heavy atom. The van der Waals surface area contributed by atoms with Gasteiger partial charge in [-0.05, 0) is 6.92 Å². The second-order valence-electron chi connectivity index (χ2n) is 1.90. The molecule has 6 heteroatoms. The molecule has 0 aliphatic carbocycles. The van der Waals surface area contributed by atoms with Crippen LogP contribution in [0.15, 0.2) is 6.33 Å². The van der Waals surface area contributed by atoms with Crippen LogP contribution in [0.5, 0.6) is 0 Å². The van der Waals surface area contributed by atoms with Gasteiger partial charge in [0.2, 0.25) is 5.82 Å². The van der Waals surface area contributed by atoms with Crippen molar-refractivity contribution in [2.45, 2.75) is 19.6 Å².